The van der Waals surface area contributed by atoms with Gasteiger partial charge in [0.15, 0.2) is 11.4 Å². The van der Waals surface area contributed by atoms with Crippen LogP contribution in [0.1, 0.15) is 32.3 Å². The fraction of sp³-hybridized carbons (Fsp3) is 0.562. The number of aryl methyl sites for hydroxylation is 1. The third-order valence-corrected chi connectivity index (χ3v) is 3.48. The lowest BCUT2D eigenvalue weighted by atomic mass is 10.1. The molecule has 0 aliphatic rings. The van der Waals surface area contributed by atoms with Crippen LogP contribution in [0.15, 0.2) is 24.3 Å². The molecular formula is C16H26N2O2S. The zero-order valence-corrected chi connectivity index (χ0v) is 14.1. The summed E-state index contributed by atoms with van der Waals surface area (Å²) in [5, 5.41) is 6.88. The first kappa shape index (κ1) is 17.9. The van der Waals surface area contributed by atoms with Crippen LogP contribution in [0.2, 0.25) is 0 Å². The van der Waals surface area contributed by atoms with Gasteiger partial charge < -0.3 is 20.1 Å². The molecule has 0 heterocycles. The minimum atomic E-state index is -0.332. The molecule has 1 unspecified atom stereocenters. The Hall–Kier alpha value is -1.17. The van der Waals surface area contributed by atoms with Gasteiger partial charge in [0, 0.05) is 19.9 Å². The minimum Gasteiger partial charge on any atom is -0.355 e. The molecule has 0 aliphatic carbocycles. The summed E-state index contributed by atoms with van der Waals surface area (Å²) >= 11 is 5.30. The normalized spacial score (nSPS) is 12.2. The molecule has 0 aromatic heterocycles. The first-order valence-corrected chi connectivity index (χ1v) is 7.73. The van der Waals surface area contributed by atoms with Crippen LogP contribution in [-0.4, -0.2) is 31.7 Å². The average molecular weight is 310 g/mol. The highest BCUT2D eigenvalue weighted by Crippen LogP contribution is 2.12. The molecule has 118 valence electrons. The highest BCUT2D eigenvalue weighted by Gasteiger charge is 2.16. The van der Waals surface area contributed by atoms with E-state index >= 15 is 0 Å². The van der Waals surface area contributed by atoms with Crippen molar-refractivity contribution in [3.63, 3.8) is 0 Å². The quantitative estimate of drug-likeness (QED) is 0.569. The molecule has 0 fully saturated rings. The molecule has 0 spiro atoms. The number of benzene rings is 1. The van der Waals surface area contributed by atoms with Crippen molar-refractivity contribution >= 4 is 23.0 Å². The Morgan fingerprint density at radius 2 is 1.81 bits per heavy atom. The van der Waals surface area contributed by atoms with E-state index in [9.17, 15) is 0 Å². The van der Waals surface area contributed by atoms with E-state index in [4.69, 9.17) is 21.7 Å². The maximum Gasteiger partial charge on any atom is 0.176 e. The van der Waals surface area contributed by atoms with Crippen LogP contribution >= 0.6 is 12.2 Å². The van der Waals surface area contributed by atoms with E-state index in [1.165, 1.54) is 18.4 Å². The molecule has 0 aliphatic heterocycles. The molecule has 1 rings (SSSR count). The Morgan fingerprint density at radius 3 is 2.33 bits per heavy atom. The van der Waals surface area contributed by atoms with Crippen LogP contribution in [0.3, 0.4) is 0 Å². The molecule has 21 heavy (non-hydrogen) atoms. The van der Waals surface area contributed by atoms with Crippen molar-refractivity contribution in [2.45, 2.75) is 45.4 Å². The Balaban J connectivity index is 2.47. The smallest absolute Gasteiger partial charge is 0.176 e. The third kappa shape index (κ3) is 6.42. The van der Waals surface area contributed by atoms with Crippen LogP contribution in [-0.2, 0) is 15.9 Å². The topological polar surface area (TPSA) is 42.5 Å². The number of thiocarbonyl (C=S) groups is 1. The van der Waals surface area contributed by atoms with Crippen LogP contribution < -0.4 is 10.6 Å². The van der Waals surface area contributed by atoms with E-state index in [-0.39, 0.29) is 12.3 Å². The number of hydrogen-bond acceptors (Lipinski definition) is 3. The van der Waals surface area contributed by atoms with Gasteiger partial charge in [-0.3, -0.25) is 0 Å². The Kier molecular flexibility index (Phi) is 8.27. The summed E-state index contributed by atoms with van der Waals surface area (Å²) in [6.07, 6.45) is 3.23. The lowest BCUT2D eigenvalue weighted by molar-refractivity contribution is -0.116. The summed E-state index contributed by atoms with van der Waals surface area (Å²) in [6.45, 7) is 4.16. The SMILES string of the molecule is CCCCc1ccc(NC(=S)NC(C)C(OC)OC)cc1. The highest BCUT2D eigenvalue weighted by molar-refractivity contribution is 7.80. The Labute approximate surface area is 133 Å². The van der Waals surface area contributed by atoms with Gasteiger partial charge in [-0.05, 0) is 49.7 Å². The molecule has 1 aromatic carbocycles. The van der Waals surface area contributed by atoms with Crippen molar-refractivity contribution in [2.24, 2.45) is 0 Å². The second-order valence-electron chi connectivity index (χ2n) is 5.03. The largest absolute Gasteiger partial charge is 0.355 e. The zero-order chi connectivity index (χ0) is 15.7. The zero-order valence-electron chi connectivity index (χ0n) is 13.3. The summed E-state index contributed by atoms with van der Waals surface area (Å²) in [5.41, 5.74) is 2.33. The monoisotopic (exact) mass is 310 g/mol. The summed E-state index contributed by atoms with van der Waals surface area (Å²) in [5.74, 6) is 0. The summed E-state index contributed by atoms with van der Waals surface area (Å²) in [6, 6.07) is 8.33. The van der Waals surface area contributed by atoms with Crippen molar-refractivity contribution in [2.75, 3.05) is 19.5 Å². The number of nitrogens with one attached hydrogen (secondary N) is 2. The second-order valence-corrected chi connectivity index (χ2v) is 5.44. The van der Waals surface area contributed by atoms with Crippen molar-refractivity contribution < 1.29 is 9.47 Å². The lowest BCUT2D eigenvalue weighted by Crippen LogP contribution is -2.44. The van der Waals surface area contributed by atoms with Gasteiger partial charge in [0.1, 0.15) is 0 Å². The van der Waals surface area contributed by atoms with E-state index < -0.39 is 0 Å². The van der Waals surface area contributed by atoms with E-state index in [1.807, 2.05) is 19.1 Å². The van der Waals surface area contributed by atoms with Crippen LogP contribution in [0.4, 0.5) is 5.69 Å². The molecule has 0 saturated carbocycles. The van der Waals surface area contributed by atoms with Crippen LogP contribution in [0, 0.1) is 0 Å². The van der Waals surface area contributed by atoms with Gasteiger partial charge in [0.05, 0.1) is 6.04 Å². The Bertz CT molecular complexity index is 419. The first-order valence-electron chi connectivity index (χ1n) is 7.32. The number of anilines is 1. The average Bonchev–Trinajstić information content (AvgIpc) is 2.47. The maximum absolute atomic E-state index is 5.30. The summed E-state index contributed by atoms with van der Waals surface area (Å²) in [7, 11) is 3.22. The van der Waals surface area contributed by atoms with E-state index in [1.54, 1.807) is 14.2 Å². The van der Waals surface area contributed by atoms with Gasteiger partial charge in [-0.1, -0.05) is 25.5 Å². The fourth-order valence-corrected chi connectivity index (χ4v) is 2.39. The fourth-order valence-electron chi connectivity index (χ4n) is 2.08. The Morgan fingerprint density at radius 1 is 1.19 bits per heavy atom. The van der Waals surface area contributed by atoms with E-state index in [0.717, 1.165) is 12.1 Å². The molecule has 4 nitrogen and oxygen atoms in total. The predicted molar refractivity (Wildman–Crippen MR) is 91.7 cm³/mol. The molecule has 0 bridgehead atoms. The molecule has 2 N–H and O–H groups in total. The van der Waals surface area contributed by atoms with Crippen LogP contribution in [0.5, 0.6) is 0 Å². The summed E-state index contributed by atoms with van der Waals surface area (Å²) < 4.78 is 10.4. The van der Waals surface area contributed by atoms with Gasteiger partial charge in [0.25, 0.3) is 0 Å². The van der Waals surface area contributed by atoms with Crippen molar-refractivity contribution in [1.29, 1.82) is 0 Å². The predicted octanol–water partition coefficient (Wildman–Crippen LogP) is 3.32. The van der Waals surface area contributed by atoms with E-state index in [2.05, 4.69) is 29.7 Å². The van der Waals surface area contributed by atoms with E-state index in [0.29, 0.717) is 5.11 Å². The van der Waals surface area contributed by atoms with Crippen LogP contribution in [0.25, 0.3) is 0 Å². The lowest BCUT2D eigenvalue weighted by Gasteiger charge is -2.23. The second kappa shape index (κ2) is 9.71. The van der Waals surface area contributed by atoms with Gasteiger partial charge in [-0.2, -0.15) is 0 Å². The molecule has 0 radical (unpaired) electrons. The van der Waals surface area contributed by atoms with Gasteiger partial charge in [0.2, 0.25) is 0 Å². The standard InChI is InChI=1S/C16H26N2O2S/c1-5-6-7-13-8-10-14(11-9-13)18-16(21)17-12(2)15(19-3)20-4/h8-12,15H,5-7H2,1-4H3,(H2,17,18,21). The van der Waals surface area contributed by atoms with Gasteiger partial charge in [-0.25, -0.2) is 0 Å². The maximum atomic E-state index is 5.30. The number of ether oxygens (including phenoxy) is 2. The highest BCUT2D eigenvalue weighted by atomic mass is 32.1. The third-order valence-electron chi connectivity index (χ3n) is 3.26. The first-order chi connectivity index (χ1) is 10.1. The van der Waals surface area contributed by atoms with Crippen molar-refractivity contribution in [3.05, 3.63) is 29.8 Å². The molecule has 0 amide bonds. The summed E-state index contributed by atoms with van der Waals surface area (Å²) in [4.78, 5) is 0. The number of methoxy groups -OCH3 is 2. The number of rotatable bonds is 8. The van der Waals surface area contributed by atoms with Gasteiger partial charge in [-0.15, -0.1) is 0 Å². The molecular weight excluding hydrogens is 284 g/mol. The molecule has 1 atom stereocenters. The molecule has 0 saturated heterocycles. The van der Waals surface area contributed by atoms with Crippen molar-refractivity contribution in [3.8, 4) is 0 Å². The molecule has 5 heteroatoms. The van der Waals surface area contributed by atoms with Crippen molar-refractivity contribution in [1.82, 2.24) is 5.32 Å². The minimum absolute atomic E-state index is 0.0381. The van der Waals surface area contributed by atoms with Gasteiger partial charge >= 0.3 is 0 Å². The number of hydrogen-bond donors (Lipinski definition) is 2. The molecule has 1 aromatic rings. The number of unbranched alkanes of at least 4 members (excludes halogenated alkanes) is 1.